The molecule has 0 aliphatic carbocycles. The Kier molecular flexibility index (Phi) is 6.97. The van der Waals surface area contributed by atoms with Crippen LogP contribution in [0.5, 0.6) is 0 Å². The van der Waals surface area contributed by atoms with Crippen molar-refractivity contribution in [2.75, 3.05) is 26.3 Å². The van der Waals surface area contributed by atoms with Gasteiger partial charge in [-0.2, -0.15) is 0 Å². The minimum absolute atomic E-state index is 0.208. The highest BCUT2D eigenvalue weighted by atomic mass is 28.4. The number of hydrogen-bond acceptors (Lipinski definition) is 4. The predicted molar refractivity (Wildman–Crippen MR) is 72.7 cm³/mol. The molecule has 0 atom stereocenters. The normalized spacial score (nSPS) is 12.6. The van der Waals surface area contributed by atoms with Crippen molar-refractivity contribution in [1.29, 1.82) is 0 Å². The summed E-state index contributed by atoms with van der Waals surface area (Å²) in [4.78, 5) is 11.0. The van der Waals surface area contributed by atoms with Crippen molar-refractivity contribution in [2.45, 2.75) is 45.8 Å². The number of carbonyl (C=O) groups excluding carboxylic acids is 1. The molecular formula is C12H27NO3Si. The van der Waals surface area contributed by atoms with Gasteiger partial charge in [-0.25, -0.2) is 0 Å². The zero-order chi connectivity index (χ0) is 13.5. The van der Waals surface area contributed by atoms with Gasteiger partial charge in [-0.05, 0) is 25.1 Å². The van der Waals surface area contributed by atoms with Crippen LogP contribution in [0.3, 0.4) is 0 Å². The molecule has 0 saturated carbocycles. The van der Waals surface area contributed by atoms with Gasteiger partial charge in [-0.1, -0.05) is 20.8 Å². The van der Waals surface area contributed by atoms with E-state index >= 15 is 0 Å². The number of carbonyl (C=O) groups is 1. The van der Waals surface area contributed by atoms with Gasteiger partial charge in [0, 0.05) is 13.2 Å². The second-order valence-electron chi connectivity index (χ2n) is 5.59. The van der Waals surface area contributed by atoms with Crippen molar-refractivity contribution >= 4 is 14.3 Å². The molecule has 0 fully saturated rings. The molecule has 0 heterocycles. The third-order valence-electron chi connectivity index (χ3n) is 3.12. The number of esters is 1. The molecule has 0 saturated heterocycles. The second kappa shape index (κ2) is 7.13. The third-order valence-corrected chi connectivity index (χ3v) is 7.66. The first-order valence-corrected chi connectivity index (χ1v) is 9.12. The first-order valence-electron chi connectivity index (χ1n) is 6.21. The van der Waals surface area contributed by atoms with E-state index in [1.165, 1.54) is 0 Å². The molecule has 0 spiro atoms. The topological polar surface area (TPSA) is 47.6 Å². The first-order chi connectivity index (χ1) is 7.70. The minimum Gasteiger partial charge on any atom is -0.465 e. The molecule has 0 bridgehead atoms. The van der Waals surface area contributed by atoms with Crippen LogP contribution in [0.2, 0.25) is 18.1 Å². The maximum atomic E-state index is 11.0. The van der Waals surface area contributed by atoms with E-state index in [1.54, 1.807) is 6.92 Å². The van der Waals surface area contributed by atoms with Gasteiger partial charge in [-0.15, -0.1) is 0 Å². The van der Waals surface area contributed by atoms with E-state index in [1.807, 2.05) is 0 Å². The Morgan fingerprint density at radius 1 is 1.29 bits per heavy atom. The van der Waals surface area contributed by atoms with Crippen molar-refractivity contribution in [3.8, 4) is 0 Å². The average Bonchev–Trinajstić information content (AvgIpc) is 2.15. The Labute approximate surface area is 106 Å². The summed E-state index contributed by atoms with van der Waals surface area (Å²) in [5.41, 5.74) is 0. The standard InChI is InChI=1S/C12H27NO3Si/c1-7-15-11(14)10-13-8-9-16-17(5,6)12(2,3)4/h13H,7-10H2,1-6H3. The van der Waals surface area contributed by atoms with Crippen LogP contribution in [0.25, 0.3) is 0 Å². The summed E-state index contributed by atoms with van der Waals surface area (Å²) in [6, 6.07) is 0. The van der Waals surface area contributed by atoms with E-state index in [2.05, 4.69) is 39.2 Å². The summed E-state index contributed by atoms with van der Waals surface area (Å²) in [5.74, 6) is -0.208. The van der Waals surface area contributed by atoms with Crippen molar-refractivity contribution in [1.82, 2.24) is 5.32 Å². The molecule has 5 heteroatoms. The molecule has 0 unspecified atom stereocenters. The maximum Gasteiger partial charge on any atom is 0.319 e. The summed E-state index contributed by atoms with van der Waals surface area (Å²) >= 11 is 0. The summed E-state index contributed by atoms with van der Waals surface area (Å²) in [6.45, 7) is 14.9. The van der Waals surface area contributed by atoms with Crippen LogP contribution in [0, 0.1) is 0 Å². The molecule has 4 nitrogen and oxygen atoms in total. The van der Waals surface area contributed by atoms with E-state index in [4.69, 9.17) is 9.16 Å². The Bertz CT molecular complexity index is 236. The van der Waals surface area contributed by atoms with Crippen molar-refractivity contribution < 1.29 is 14.0 Å². The zero-order valence-electron chi connectivity index (χ0n) is 12.1. The van der Waals surface area contributed by atoms with E-state index in [0.29, 0.717) is 19.8 Å². The fourth-order valence-electron chi connectivity index (χ4n) is 0.997. The number of nitrogens with one attached hydrogen (secondary N) is 1. The summed E-state index contributed by atoms with van der Waals surface area (Å²) < 4.78 is 10.8. The van der Waals surface area contributed by atoms with Gasteiger partial charge in [-0.3, -0.25) is 4.79 Å². The molecule has 17 heavy (non-hydrogen) atoms. The largest absolute Gasteiger partial charge is 0.465 e. The molecule has 0 aliphatic rings. The zero-order valence-corrected chi connectivity index (χ0v) is 13.1. The second-order valence-corrected chi connectivity index (χ2v) is 10.4. The summed E-state index contributed by atoms with van der Waals surface area (Å²) in [7, 11) is -1.65. The predicted octanol–water partition coefficient (Wildman–Crippen LogP) is 2.16. The van der Waals surface area contributed by atoms with Crippen molar-refractivity contribution in [3.05, 3.63) is 0 Å². The smallest absolute Gasteiger partial charge is 0.319 e. The monoisotopic (exact) mass is 261 g/mol. The fraction of sp³-hybridized carbons (Fsp3) is 0.917. The van der Waals surface area contributed by atoms with Crippen LogP contribution in [-0.2, 0) is 14.0 Å². The number of hydrogen-bond donors (Lipinski definition) is 1. The van der Waals surface area contributed by atoms with E-state index in [-0.39, 0.29) is 17.6 Å². The van der Waals surface area contributed by atoms with Crippen LogP contribution in [0.1, 0.15) is 27.7 Å². The Morgan fingerprint density at radius 2 is 1.88 bits per heavy atom. The summed E-state index contributed by atoms with van der Waals surface area (Å²) in [6.07, 6.45) is 0. The molecule has 0 amide bonds. The lowest BCUT2D eigenvalue weighted by molar-refractivity contribution is -0.142. The Hall–Kier alpha value is -0.393. The molecule has 1 N–H and O–H groups in total. The SMILES string of the molecule is CCOC(=O)CNCCO[Si](C)(C)C(C)(C)C. The number of ether oxygens (including phenoxy) is 1. The van der Waals surface area contributed by atoms with Gasteiger partial charge in [0.15, 0.2) is 8.32 Å². The third kappa shape index (κ3) is 6.80. The Balaban J connectivity index is 3.69. The molecule has 0 aliphatic heterocycles. The molecule has 0 radical (unpaired) electrons. The van der Waals surface area contributed by atoms with Gasteiger partial charge in [0.25, 0.3) is 0 Å². The van der Waals surface area contributed by atoms with Crippen LogP contribution >= 0.6 is 0 Å². The first kappa shape index (κ1) is 16.6. The molecular weight excluding hydrogens is 234 g/mol. The van der Waals surface area contributed by atoms with Gasteiger partial charge in [0.05, 0.1) is 13.2 Å². The van der Waals surface area contributed by atoms with E-state index in [0.717, 1.165) is 0 Å². The quantitative estimate of drug-likeness (QED) is 0.433. The molecule has 102 valence electrons. The lowest BCUT2D eigenvalue weighted by Gasteiger charge is -2.36. The lowest BCUT2D eigenvalue weighted by atomic mass is 10.2. The molecule has 0 aromatic heterocycles. The van der Waals surface area contributed by atoms with Crippen molar-refractivity contribution in [3.63, 3.8) is 0 Å². The maximum absolute atomic E-state index is 11.0. The van der Waals surface area contributed by atoms with Crippen molar-refractivity contribution in [2.24, 2.45) is 0 Å². The van der Waals surface area contributed by atoms with E-state index < -0.39 is 8.32 Å². The lowest BCUT2D eigenvalue weighted by Crippen LogP contribution is -2.42. The minimum atomic E-state index is -1.65. The highest BCUT2D eigenvalue weighted by molar-refractivity contribution is 6.74. The van der Waals surface area contributed by atoms with Crippen LogP contribution in [0.15, 0.2) is 0 Å². The number of rotatable bonds is 7. The average molecular weight is 261 g/mol. The van der Waals surface area contributed by atoms with Gasteiger partial charge in [0.1, 0.15) is 0 Å². The highest BCUT2D eigenvalue weighted by Crippen LogP contribution is 2.36. The van der Waals surface area contributed by atoms with Crippen LogP contribution < -0.4 is 5.32 Å². The Morgan fingerprint density at radius 3 is 2.35 bits per heavy atom. The van der Waals surface area contributed by atoms with Crippen LogP contribution in [-0.4, -0.2) is 40.6 Å². The van der Waals surface area contributed by atoms with E-state index in [9.17, 15) is 4.79 Å². The van der Waals surface area contributed by atoms with Gasteiger partial charge < -0.3 is 14.5 Å². The molecule has 0 rings (SSSR count). The fourth-order valence-corrected chi connectivity index (χ4v) is 2.04. The highest BCUT2D eigenvalue weighted by Gasteiger charge is 2.36. The molecule has 0 aromatic rings. The summed E-state index contributed by atoms with van der Waals surface area (Å²) in [5, 5.41) is 3.25. The van der Waals surface area contributed by atoms with Gasteiger partial charge >= 0.3 is 5.97 Å². The van der Waals surface area contributed by atoms with Crippen LogP contribution in [0.4, 0.5) is 0 Å². The molecule has 0 aromatic carbocycles. The van der Waals surface area contributed by atoms with Gasteiger partial charge in [0.2, 0.25) is 0 Å².